The maximum atomic E-state index is 13.2. The number of aliphatic hydroxyl groups is 1. The summed E-state index contributed by atoms with van der Waals surface area (Å²) in [4.78, 5) is 19.1. The largest absolute Gasteiger partial charge is 0.393 e. The second-order valence-electron chi connectivity index (χ2n) is 11.8. The molecule has 1 aromatic heterocycles. The molecule has 36 heavy (non-hydrogen) atoms. The summed E-state index contributed by atoms with van der Waals surface area (Å²) in [6.07, 6.45) is 15.1. The van der Waals surface area contributed by atoms with Crippen LogP contribution >= 0.6 is 0 Å². The van der Waals surface area contributed by atoms with E-state index in [1.165, 1.54) is 37.7 Å². The van der Waals surface area contributed by atoms with Gasteiger partial charge < -0.3 is 10.0 Å². The Balaban J connectivity index is 1.31. The summed E-state index contributed by atoms with van der Waals surface area (Å²) >= 11 is 0. The van der Waals surface area contributed by atoms with Gasteiger partial charge in [0, 0.05) is 37.5 Å². The molecule has 6 rings (SSSR count). The Bertz CT molecular complexity index is 1200. The molecule has 5 atom stereocenters. The van der Waals surface area contributed by atoms with Gasteiger partial charge in [-0.2, -0.15) is 0 Å². The second kappa shape index (κ2) is 9.30. The Labute approximate surface area is 215 Å². The molecule has 0 saturated heterocycles. The van der Waals surface area contributed by atoms with Crippen molar-refractivity contribution in [2.24, 2.45) is 17.3 Å². The standard InChI is InChI=1S/C32H38N2O2/c1-32-18-27(23-9-11-24(12-10-23)31(36)34(2)20-21-6-5-17-33-19-21)30-25-8-4-3-7-22(25)13-14-26(30)28(32)15-16-29(32)35/h5-7,9-12,17,19,26-29,35H,3-4,8,13-16,18,20H2,1-2H3/t26-,27?,28-,29-,32?/m0/s1. The van der Waals surface area contributed by atoms with Crippen LogP contribution in [-0.4, -0.2) is 34.0 Å². The van der Waals surface area contributed by atoms with Crippen LogP contribution in [0, 0.1) is 17.3 Å². The molecule has 1 aromatic carbocycles. The third kappa shape index (κ3) is 3.94. The Kier molecular flexibility index (Phi) is 6.11. The number of hydrogen-bond donors (Lipinski definition) is 1. The van der Waals surface area contributed by atoms with Crippen LogP contribution in [0.25, 0.3) is 0 Å². The molecule has 2 aromatic rings. The third-order valence-electron chi connectivity index (χ3n) is 9.80. The highest BCUT2D eigenvalue weighted by Gasteiger charge is 2.56. The van der Waals surface area contributed by atoms with Gasteiger partial charge in [-0.15, -0.1) is 0 Å². The van der Waals surface area contributed by atoms with E-state index in [0.717, 1.165) is 30.4 Å². The first-order valence-corrected chi connectivity index (χ1v) is 13.8. The summed E-state index contributed by atoms with van der Waals surface area (Å²) in [6.45, 7) is 2.89. The normalized spacial score (nSPS) is 31.2. The number of fused-ring (bicyclic) bond motifs is 4. The molecular formula is C32H38N2O2. The maximum absolute atomic E-state index is 13.2. The van der Waals surface area contributed by atoms with Crippen LogP contribution in [-0.2, 0) is 6.54 Å². The van der Waals surface area contributed by atoms with Crippen LogP contribution in [0.4, 0.5) is 0 Å². The second-order valence-corrected chi connectivity index (χ2v) is 11.8. The van der Waals surface area contributed by atoms with Gasteiger partial charge in [-0.1, -0.05) is 36.8 Å². The number of pyridine rings is 1. The first kappa shape index (κ1) is 23.7. The lowest BCUT2D eigenvalue weighted by atomic mass is 9.53. The maximum Gasteiger partial charge on any atom is 0.253 e. The zero-order chi connectivity index (χ0) is 24.9. The number of nitrogens with zero attached hydrogens (tertiary/aromatic N) is 2. The molecule has 4 aliphatic carbocycles. The van der Waals surface area contributed by atoms with Gasteiger partial charge in [0.25, 0.3) is 5.91 Å². The summed E-state index contributed by atoms with van der Waals surface area (Å²) in [5.41, 5.74) is 7.95. The Morgan fingerprint density at radius 2 is 1.97 bits per heavy atom. The lowest BCUT2D eigenvalue weighted by Crippen LogP contribution is -2.44. The highest BCUT2D eigenvalue weighted by molar-refractivity contribution is 5.94. The molecule has 0 radical (unpaired) electrons. The van der Waals surface area contributed by atoms with E-state index in [2.05, 4.69) is 30.1 Å². The number of amides is 1. The quantitative estimate of drug-likeness (QED) is 0.546. The number of carbonyl (C=O) groups excluding carboxylic acids is 1. The van der Waals surface area contributed by atoms with E-state index >= 15 is 0 Å². The Morgan fingerprint density at radius 1 is 1.14 bits per heavy atom. The lowest BCUT2D eigenvalue weighted by Gasteiger charge is -2.52. The molecule has 2 fully saturated rings. The number of aromatic nitrogens is 1. The van der Waals surface area contributed by atoms with Gasteiger partial charge in [0.05, 0.1) is 6.10 Å². The molecule has 1 amide bonds. The molecule has 0 aliphatic heterocycles. The average Bonchev–Trinajstić information content (AvgIpc) is 3.22. The number of allylic oxidation sites excluding steroid dienone is 4. The van der Waals surface area contributed by atoms with Crippen molar-refractivity contribution in [2.45, 2.75) is 76.9 Å². The van der Waals surface area contributed by atoms with Crippen LogP contribution in [0.3, 0.4) is 0 Å². The van der Waals surface area contributed by atoms with Crippen molar-refractivity contribution in [1.82, 2.24) is 9.88 Å². The molecule has 0 bridgehead atoms. The van der Waals surface area contributed by atoms with Gasteiger partial charge in [-0.05, 0) is 109 Å². The van der Waals surface area contributed by atoms with Crippen LogP contribution in [0.5, 0.6) is 0 Å². The lowest BCUT2D eigenvalue weighted by molar-refractivity contribution is -0.00299. The van der Waals surface area contributed by atoms with E-state index in [1.807, 2.05) is 37.5 Å². The fourth-order valence-electron chi connectivity index (χ4n) is 7.95. The van der Waals surface area contributed by atoms with Gasteiger partial charge in [0.1, 0.15) is 0 Å². The van der Waals surface area contributed by atoms with E-state index in [-0.39, 0.29) is 17.4 Å². The minimum absolute atomic E-state index is 0.0201. The van der Waals surface area contributed by atoms with Crippen molar-refractivity contribution in [3.63, 3.8) is 0 Å². The first-order chi connectivity index (χ1) is 17.5. The van der Waals surface area contributed by atoms with Crippen molar-refractivity contribution in [3.8, 4) is 0 Å². The van der Waals surface area contributed by atoms with Crippen molar-refractivity contribution < 1.29 is 9.90 Å². The highest BCUT2D eigenvalue weighted by Crippen LogP contribution is 2.63. The van der Waals surface area contributed by atoms with E-state index in [0.29, 0.717) is 24.3 Å². The monoisotopic (exact) mass is 482 g/mol. The highest BCUT2D eigenvalue weighted by atomic mass is 16.3. The molecule has 2 saturated carbocycles. The average molecular weight is 483 g/mol. The van der Waals surface area contributed by atoms with E-state index in [1.54, 1.807) is 27.8 Å². The van der Waals surface area contributed by atoms with Gasteiger partial charge in [-0.3, -0.25) is 9.78 Å². The molecule has 1 N–H and O–H groups in total. The predicted molar refractivity (Wildman–Crippen MR) is 142 cm³/mol. The van der Waals surface area contributed by atoms with Crippen LogP contribution in [0.2, 0.25) is 0 Å². The summed E-state index contributed by atoms with van der Waals surface area (Å²) in [5, 5.41) is 11.1. The predicted octanol–water partition coefficient (Wildman–Crippen LogP) is 6.44. The fraction of sp³-hybridized carbons (Fsp3) is 0.500. The number of benzene rings is 1. The van der Waals surface area contributed by atoms with Crippen LogP contribution in [0.15, 0.2) is 71.6 Å². The topological polar surface area (TPSA) is 53.4 Å². The molecule has 0 spiro atoms. The van der Waals surface area contributed by atoms with Gasteiger partial charge >= 0.3 is 0 Å². The Hall–Kier alpha value is -2.72. The summed E-state index contributed by atoms with van der Waals surface area (Å²) in [7, 11) is 1.85. The van der Waals surface area contributed by atoms with Crippen LogP contribution in [0.1, 0.15) is 85.7 Å². The number of carbonyl (C=O) groups is 1. The zero-order valence-electron chi connectivity index (χ0n) is 21.6. The molecule has 1 heterocycles. The minimum Gasteiger partial charge on any atom is -0.393 e. The van der Waals surface area contributed by atoms with Crippen molar-refractivity contribution in [1.29, 1.82) is 0 Å². The first-order valence-electron chi connectivity index (χ1n) is 13.8. The molecular weight excluding hydrogens is 444 g/mol. The van der Waals surface area contributed by atoms with Crippen molar-refractivity contribution in [2.75, 3.05) is 7.05 Å². The van der Waals surface area contributed by atoms with Gasteiger partial charge in [-0.25, -0.2) is 0 Å². The number of rotatable bonds is 4. The Morgan fingerprint density at radius 3 is 2.75 bits per heavy atom. The molecule has 188 valence electrons. The summed E-state index contributed by atoms with van der Waals surface area (Å²) in [6, 6.07) is 12.3. The SMILES string of the molecule is CN(Cc1cccnc1)C(=O)c1ccc(C2CC3(C)[C@@H](O)CC[C@H]3[C@@H]3CCC4=CCCCC4=C23)cc1. The van der Waals surface area contributed by atoms with Gasteiger partial charge in [0.2, 0.25) is 0 Å². The van der Waals surface area contributed by atoms with Crippen LogP contribution < -0.4 is 0 Å². The number of aliphatic hydroxyl groups excluding tert-OH is 1. The van der Waals surface area contributed by atoms with Crippen molar-refractivity contribution in [3.05, 3.63) is 88.3 Å². The molecule has 4 heteroatoms. The summed E-state index contributed by atoms with van der Waals surface area (Å²) in [5.74, 6) is 1.54. The van der Waals surface area contributed by atoms with E-state index in [9.17, 15) is 9.90 Å². The zero-order valence-corrected chi connectivity index (χ0v) is 21.6. The fourth-order valence-corrected chi connectivity index (χ4v) is 7.95. The molecule has 4 aliphatic rings. The van der Waals surface area contributed by atoms with E-state index in [4.69, 9.17) is 0 Å². The molecule has 2 unspecified atom stereocenters. The minimum atomic E-state index is -0.207. The summed E-state index contributed by atoms with van der Waals surface area (Å²) < 4.78 is 0. The third-order valence-corrected chi connectivity index (χ3v) is 9.80. The number of hydrogen-bond acceptors (Lipinski definition) is 3. The van der Waals surface area contributed by atoms with Crippen molar-refractivity contribution >= 4 is 5.91 Å². The smallest absolute Gasteiger partial charge is 0.253 e. The van der Waals surface area contributed by atoms with Gasteiger partial charge in [0.15, 0.2) is 0 Å². The molecule has 4 nitrogen and oxygen atoms in total. The van der Waals surface area contributed by atoms with E-state index < -0.39 is 0 Å².